The van der Waals surface area contributed by atoms with Gasteiger partial charge in [0.1, 0.15) is 5.75 Å². The van der Waals surface area contributed by atoms with E-state index in [0.29, 0.717) is 40.6 Å². The molecule has 7 nitrogen and oxygen atoms in total. The Morgan fingerprint density at radius 1 is 1.12 bits per heavy atom. The molecule has 2 heterocycles. The molecule has 2 aliphatic heterocycles. The molecule has 0 radical (unpaired) electrons. The predicted octanol–water partition coefficient (Wildman–Crippen LogP) is 4.24. The van der Waals surface area contributed by atoms with Gasteiger partial charge in [-0.1, -0.05) is 18.2 Å². The predicted molar refractivity (Wildman–Crippen MR) is 119 cm³/mol. The van der Waals surface area contributed by atoms with E-state index in [-0.39, 0.29) is 18.5 Å². The monoisotopic (exact) mass is 432 g/mol. The quantitative estimate of drug-likeness (QED) is 0.781. The smallest absolute Gasteiger partial charge is 0.234 e. The number of methoxy groups -OCH3 is 1. The van der Waals surface area contributed by atoms with Gasteiger partial charge >= 0.3 is 0 Å². The van der Waals surface area contributed by atoms with Gasteiger partial charge in [-0.05, 0) is 49.6 Å². The summed E-state index contributed by atoms with van der Waals surface area (Å²) in [5, 5.41) is 2.99. The van der Waals surface area contributed by atoms with Crippen molar-refractivity contribution in [2.45, 2.75) is 32.1 Å². The van der Waals surface area contributed by atoms with Gasteiger partial charge in [0.25, 0.3) is 0 Å². The molecule has 2 aromatic carbocycles. The molecule has 0 spiro atoms. The van der Waals surface area contributed by atoms with Crippen LogP contribution in [0.5, 0.6) is 17.2 Å². The fourth-order valence-electron chi connectivity index (χ4n) is 4.77. The van der Waals surface area contributed by atoms with Crippen LogP contribution in [0.3, 0.4) is 0 Å². The average molecular weight is 432 g/mol. The molecular weight excluding hydrogens is 408 g/mol. The van der Waals surface area contributed by atoms with Crippen molar-refractivity contribution in [3.63, 3.8) is 0 Å². The summed E-state index contributed by atoms with van der Waals surface area (Å²) in [5.41, 5.74) is 3.54. The summed E-state index contributed by atoms with van der Waals surface area (Å²) in [5.74, 6) is 0.592. The summed E-state index contributed by atoms with van der Waals surface area (Å²) in [4.78, 5) is 31.4. The highest BCUT2D eigenvalue weighted by atomic mass is 16.7. The molecule has 0 saturated carbocycles. The normalized spacial score (nSPS) is 21.7. The maximum absolute atomic E-state index is 13.6. The third kappa shape index (κ3) is 3.43. The Labute approximate surface area is 186 Å². The molecular formula is C25H24N2O5. The minimum Gasteiger partial charge on any atom is -0.495 e. The van der Waals surface area contributed by atoms with E-state index in [1.54, 1.807) is 19.2 Å². The number of hydrogen-bond donors (Lipinski definition) is 1. The van der Waals surface area contributed by atoms with Crippen molar-refractivity contribution in [2.75, 3.05) is 19.2 Å². The zero-order valence-electron chi connectivity index (χ0n) is 18.0. The number of anilines is 1. The fourth-order valence-corrected chi connectivity index (χ4v) is 4.77. The second-order valence-corrected chi connectivity index (χ2v) is 8.15. The summed E-state index contributed by atoms with van der Waals surface area (Å²) in [6.07, 6.45) is 1.98. The number of aliphatic imine (C=N–C) groups is 1. The van der Waals surface area contributed by atoms with E-state index in [9.17, 15) is 9.59 Å². The molecule has 164 valence electrons. The molecule has 1 N–H and O–H groups in total. The number of fused-ring (bicyclic) bond motifs is 1. The summed E-state index contributed by atoms with van der Waals surface area (Å²) in [7, 11) is 1.56. The van der Waals surface area contributed by atoms with Gasteiger partial charge in [-0.3, -0.25) is 14.6 Å². The molecule has 3 aliphatic rings. The van der Waals surface area contributed by atoms with Crippen LogP contribution in [0.25, 0.3) is 0 Å². The third-order valence-electron chi connectivity index (χ3n) is 6.24. The molecule has 0 saturated heterocycles. The van der Waals surface area contributed by atoms with E-state index in [1.807, 2.05) is 37.3 Å². The van der Waals surface area contributed by atoms with Gasteiger partial charge in [-0.15, -0.1) is 0 Å². The molecule has 2 atom stereocenters. The number of ketones is 1. The number of carbonyl (C=O) groups excluding carboxylic acids is 2. The Bertz CT molecular complexity index is 1170. The molecule has 0 bridgehead atoms. The second kappa shape index (κ2) is 8.15. The van der Waals surface area contributed by atoms with Crippen LogP contribution < -0.4 is 19.5 Å². The standard InChI is InChI=1S/C25H24N2O5/c1-14-22(25(29)27-16-6-3-4-9-19(16)30-2)23(24-17(26-14)7-5-8-18(24)28)15-10-11-20-21(12-15)32-13-31-20/h3-4,6,9-12,22-23H,5,7-8,13H2,1-2H3,(H,27,29)/t22?,23-/m0/s1. The van der Waals surface area contributed by atoms with Gasteiger partial charge in [0.05, 0.1) is 18.7 Å². The number of para-hydroxylation sites is 2. The SMILES string of the molecule is COc1ccccc1NC(=O)C1C(C)=NC2=C(C(=O)CCC2)[C@H]1c1ccc2c(c1)OCO2. The topological polar surface area (TPSA) is 86.2 Å². The number of rotatable bonds is 4. The maximum atomic E-state index is 13.6. The van der Waals surface area contributed by atoms with Gasteiger partial charge in [-0.2, -0.15) is 0 Å². The first-order chi connectivity index (χ1) is 15.6. The third-order valence-corrected chi connectivity index (χ3v) is 6.24. The van der Waals surface area contributed by atoms with Crippen LogP contribution in [0.1, 0.15) is 37.7 Å². The summed E-state index contributed by atoms with van der Waals surface area (Å²) >= 11 is 0. The molecule has 0 fully saturated rings. The molecule has 5 rings (SSSR count). The van der Waals surface area contributed by atoms with E-state index in [0.717, 1.165) is 24.1 Å². The second-order valence-electron chi connectivity index (χ2n) is 8.15. The van der Waals surface area contributed by atoms with E-state index < -0.39 is 11.8 Å². The van der Waals surface area contributed by atoms with Crippen molar-refractivity contribution >= 4 is 23.1 Å². The van der Waals surface area contributed by atoms with Crippen LogP contribution in [0.15, 0.2) is 58.7 Å². The van der Waals surface area contributed by atoms with Crippen molar-refractivity contribution in [3.05, 3.63) is 59.3 Å². The van der Waals surface area contributed by atoms with Crippen LogP contribution in [0.2, 0.25) is 0 Å². The minimum atomic E-state index is -0.638. The summed E-state index contributed by atoms with van der Waals surface area (Å²) in [6, 6.07) is 12.9. The van der Waals surface area contributed by atoms with Gasteiger partial charge in [-0.25, -0.2) is 0 Å². The van der Waals surface area contributed by atoms with Crippen LogP contribution in [-0.2, 0) is 9.59 Å². The van der Waals surface area contributed by atoms with E-state index in [2.05, 4.69) is 5.32 Å². The number of nitrogens with one attached hydrogen (secondary N) is 1. The van der Waals surface area contributed by atoms with Crippen LogP contribution in [0, 0.1) is 5.92 Å². The summed E-state index contributed by atoms with van der Waals surface area (Å²) < 4.78 is 16.4. The van der Waals surface area contributed by atoms with Crippen molar-refractivity contribution in [1.82, 2.24) is 0 Å². The number of ether oxygens (including phenoxy) is 3. The van der Waals surface area contributed by atoms with Crippen LogP contribution in [0.4, 0.5) is 5.69 Å². The number of nitrogens with zero attached hydrogens (tertiary/aromatic N) is 1. The lowest BCUT2D eigenvalue weighted by Gasteiger charge is -2.35. The Morgan fingerprint density at radius 2 is 1.94 bits per heavy atom. The first kappa shape index (κ1) is 20.3. The van der Waals surface area contributed by atoms with E-state index in [1.165, 1.54) is 0 Å². The Morgan fingerprint density at radius 3 is 2.78 bits per heavy atom. The molecule has 2 aromatic rings. The van der Waals surface area contributed by atoms with Crippen molar-refractivity contribution in [3.8, 4) is 17.2 Å². The fraction of sp³-hybridized carbons (Fsp3) is 0.320. The first-order valence-electron chi connectivity index (χ1n) is 10.7. The molecule has 0 aromatic heterocycles. The lowest BCUT2D eigenvalue weighted by Crippen LogP contribution is -2.39. The molecule has 32 heavy (non-hydrogen) atoms. The van der Waals surface area contributed by atoms with E-state index in [4.69, 9.17) is 19.2 Å². The van der Waals surface area contributed by atoms with Gasteiger partial charge in [0, 0.05) is 29.3 Å². The summed E-state index contributed by atoms with van der Waals surface area (Å²) in [6.45, 7) is 2.02. The highest BCUT2D eigenvalue weighted by molar-refractivity contribution is 6.13. The molecule has 7 heteroatoms. The molecule has 1 unspecified atom stereocenters. The number of allylic oxidation sites excluding steroid dienone is 2. The number of hydrogen-bond acceptors (Lipinski definition) is 6. The Balaban J connectivity index is 1.58. The highest BCUT2D eigenvalue weighted by Gasteiger charge is 2.42. The minimum absolute atomic E-state index is 0.0558. The lowest BCUT2D eigenvalue weighted by atomic mass is 9.71. The Kier molecular flexibility index (Phi) is 5.17. The molecule has 1 amide bonds. The average Bonchev–Trinajstić information content (AvgIpc) is 3.26. The zero-order valence-corrected chi connectivity index (χ0v) is 18.0. The van der Waals surface area contributed by atoms with Gasteiger partial charge in [0.2, 0.25) is 12.7 Å². The maximum Gasteiger partial charge on any atom is 0.234 e. The highest BCUT2D eigenvalue weighted by Crippen LogP contribution is 2.46. The van der Waals surface area contributed by atoms with Gasteiger partial charge < -0.3 is 19.5 Å². The Hall–Kier alpha value is -3.61. The van der Waals surface area contributed by atoms with Crippen molar-refractivity contribution in [1.29, 1.82) is 0 Å². The van der Waals surface area contributed by atoms with Crippen LogP contribution in [-0.4, -0.2) is 31.3 Å². The van der Waals surface area contributed by atoms with Crippen LogP contribution >= 0.6 is 0 Å². The molecule has 1 aliphatic carbocycles. The number of Topliss-reactive ketones (excluding diaryl/α,β-unsaturated/α-hetero) is 1. The first-order valence-corrected chi connectivity index (χ1v) is 10.7. The number of carbonyl (C=O) groups is 2. The van der Waals surface area contributed by atoms with E-state index >= 15 is 0 Å². The van der Waals surface area contributed by atoms with Crippen molar-refractivity contribution < 1.29 is 23.8 Å². The van der Waals surface area contributed by atoms with Crippen molar-refractivity contribution in [2.24, 2.45) is 10.9 Å². The number of benzene rings is 2. The lowest BCUT2D eigenvalue weighted by molar-refractivity contribution is -0.119. The largest absolute Gasteiger partial charge is 0.495 e. The number of amides is 1. The zero-order chi connectivity index (χ0) is 22.2. The van der Waals surface area contributed by atoms with Gasteiger partial charge in [0.15, 0.2) is 17.3 Å².